The lowest BCUT2D eigenvalue weighted by atomic mass is 10.1. The van der Waals surface area contributed by atoms with Crippen molar-refractivity contribution in [1.82, 2.24) is 5.32 Å². The predicted octanol–water partition coefficient (Wildman–Crippen LogP) is 3.23. The number of amides is 1. The molecule has 0 spiro atoms. The van der Waals surface area contributed by atoms with Gasteiger partial charge < -0.3 is 15.8 Å². The number of rotatable bonds is 6. The zero-order chi connectivity index (χ0) is 15.9. The summed E-state index contributed by atoms with van der Waals surface area (Å²) in [4.78, 5) is 12.1. The number of hydrogen-bond acceptors (Lipinski definition) is 3. The van der Waals surface area contributed by atoms with E-state index in [4.69, 9.17) is 10.5 Å². The third kappa shape index (κ3) is 4.81. The molecule has 1 amide bonds. The van der Waals surface area contributed by atoms with Crippen molar-refractivity contribution in [3.05, 3.63) is 59.7 Å². The second-order valence-electron chi connectivity index (χ2n) is 5.66. The van der Waals surface area contributed by atoms with E-state index in [2.05, 4.69) is 19.2 Å². The first kappa shape index (κ1) is 15.9. The quantitative estimate of drug-likeness (QED) is 0.805. The number of carbonyl (C=O) groups excluding carboxylic acids is 1. The van der Waals surface area contributed by atoms with E-state index in [-0.39, 0.29) is 5.91 Å². The highest BCUT2D eigenvalue weighted by Gasteiger charge is 2.06. The molecule has 2 rings (SSSR count). The summed E-state index contributed by atoms with van der Waals surface area (Å²) < 4.78 is 5.69. The van der Waals surface area contributed by atoms with Crippen molar-refractivity contribution in [1.29, 1.82) is 0 Å². The summed E-state index contributed by atoms with van der Waals surface area (Å²) in [5.74, 6) is 1.16. The van der Waals surface area contributed by atoms with Crippen molar-refractivity contribution in [3.8, 4) is 5.75 Å². The van der Waals surface area contributed by atoms with Crippen molar-refractivity contribution in [2.75, 3.05) is 12.3 Å². The fraction of sp³-hybridized carbons (Fsp3) is 0.278. The molecule has 4 heteroatoms. The molecule has 0 bridgehead atoms. The number of nitrogens with one attached hydrogen (secondary N) is 1. The fourth-order valence-corrected chi connectivity index (χ4v) is 1.97. The van der Waals surface area contributed by atoms with E-state index in [1.54, 1.807) is 24.3 Å². The van der Waals surface area contributed by atoms with Crippen molar-refractivity contribution in [2.24, 2.45) is 5.92 Å². The maximum absolute atomic E-state index is 12.1. The lowest BCUT2D eigenvalue weighted by Gasteiger charge is -2.10. The summed E-state index contributed by atoms with van der Waals surface area (Å²) in [7, 11) is 0. The summed E-state index contributed by atoms with van der Waals surface area (Å²) in [6.45, 7) is 5.34. The third-order valence-electron chi connectivity index (χ3n) is 3.08. The Hall–Kier alpha value is -2.49. The van der Waals surface area contributed by atoms with Gasteiger partial charge in [-0.05, 0) is 41.8 Å². The van der Waals surface area contributed by atoms with Gasteiger partial charge in [0.2, 0.25) is 0 Å². The first-order chi connectivity index (χ1) is 10.5. The standard InChI is InChI=1S/C18H22N2O2/c1-13(2)12-22-17-8-3-5-14(9-17)11-20-18(21)15-6-4-7-16(19)10-15/h3-10,13H,11-12,19H2,1-2H3,(H,20,21). The van der Waals surface area contributed by atoms with Crippen molar-refractivity contribution in [2.45, 2.75) is 20.4 Å². The summed E-state index contributed by atoms with van der Waals surface area (Å²) in [6, 6.07) is 14.7. The van der Waals surface area contributed by atoms with Crippen LogP contribution in [-0.4, -0.2) is 12.5 Å². The van der Waals surface area contributed by atoms with Crippen LogP contribution in [0.15, 0.2) is 48.5 Å². The number of hydrogen-bond donors (Lipinski definition) is 2. The largest absolute Gasteiger partial charge is 0.493 e. The monoisotopic (exact) mass is 298 g/mol. The molecule has 0 aromatic heterocycles. The van der Waals surface area contributed by atoms with E-state index in [1.165, 1.54) is 0 Å². The molecule has 22 heavy (non-hydrogen) atoms. The van der Waals surface area contributed by atoms with Crippen LogP contribution in [0.3, 0.4) is 0 Å². The van der Waals surface area contributed by atoms with Crippen LogP contribution in [0.2, 0.25) is 0 Å². The Morgan fingerprint density at radius 1 is 1.18 bits per heavy atom. The average Bonchev–Trinajstić information content (AvgIpc) is 2.51. The molecule has 2 aromatic rings. The Bertz CT molecular complexity index is 638. The normalized spacial score (nSPS) is 10.5. The minimum atomic E-state index is -0.138. The number of anilines is 1. The minimum Gasteiger partial charge on any atom is -0.493 e. The number of nitrogens with two attached hydrogens (primary N) is 1. The first-order valence-electron chi connectivity index (χ1n) is 7.40. The van der Waals surface area contributed by atoms with Crippen molar-refractivity contribution in [3.63, 3.8) is 0 Å². The molecular formula is C18H22N2O2. The van der Waals surface area contributed by atoms with Crippen LogP contribution in [0.1, 0.15) is 29.8 Å². The van der Waals surface area contributed by atoms with Crippen LogP contribution in [0.4, 0.5) is 5.69 Å². The van der Waals surface area contributed by atoms with Gasteiger partial charge in [-0.25, -0.2) is 0 Å². The first-order valence-corrected chi connectivity index (χ1v) is 7.40. The van der Waals surface area contributed by atoms with Gasteiger partial charge in [0.05, 0.1) is 6.61 Å². The van der Waals surface area contributed by atoms with Gasteiger partial charge in [0.25, 0.3) is 5.91 Å². The van der Waals surface area contributed by atoms with Gasteiger partial charge in [0, 0.05) is 17.8 Å². The highest BCUT2D eigenvalue weighted by atomic mass is 16.5. The van der Waals surface area contributed by atoms with Gasteiger partial charge in [-0.3, -0.25) is 4.79 Å². The van der Waals surface area contributed by atoms with Gasteiger partial charge in [-0.15, -0.1) is 0 Å². The highest BCUT2D eigenvalue weighted by molar-refractivity contribution is 5.94. The molecule has 0 saturated carbocycles. The average molecular weight is 298 g/mol. The van der Waals surface area contributed by atoms with Crippen molar-refractivity contribution < 1.29 is 9.53 Å². The van der Waals surface area contributed by atoms with Gasteiger partial charge >= 0.3 is 0 Å². The summed E-state index contributed by atoms with van der Waals surface area (Å²) >= 11 is 0. The molecule has 0 aliphatic heterocycles. The van der Waals surface area contributed by atoms with Crippen LogP contribution in [-0.2, 0) is 6.54 Å². The van der Waals surface area contributed by atoms with E-state index >= 15 is 0 Å². The summed E-state index contributed by atoms with van der Waals surface area (Å²) in [5.41, 5.74) is 7.83. The lowest BCUT2D eigenvalue weighted by Crippen LogP contribution is -2.22. The summed E-state index contributed by atoms with van der Waals surface area (Å²) in [6.07, 6.45) is 0. The molecule has 0 heterocycles. The Morgan fingerprint density at radius 2 is 1.95 bits per heavy atom. The lowest BCUT2D eigenvalue weighted by molar-refractivity contribution is 0.0951. The smallest absolute Gasteiger partial charge is 0.251 e. The zero-order valence-corrected chi connectivity index (χ0v) is 13.0. The Labute approximate surface area is 131 Å². The Kier molecular flexibility index (Phi) is 5.42. The zero-order valence-electron chi connectivity index (χ0n) is 13.0. The van der Waals surface area contributed by atoms with E-state index in [0.29, 0.717) is 30.3 Å². The van der Waals surface area contributed by atoms with Crippen LogP contribution < -0.4 is 15.8 Å². The second-order valence-corrected chi connectivity index (χ2v) is 5.66. The summed E-state index contributed by atoms with van der Waals surface area (Å²) in [5, 5.41) is 2.88. The Balaban J connectivity index is 1.93. The number of benzene rings is 2. The highest BCUT2D eigenvalue weighted by Crippen LogP contribution is 2.14. The maximum atomic E-state index is 12.1. The second kappa shape index (κ2) is 7.50. The topological polar surface area (TPSA) is 64.3 Å². The fourth-order valence-electron chi connectivity index (χ4n) is 1.97. The third-order valence-corrected chi connectivity index (χ3v) is 3.08. The van der Waals surface area contributed by atoms with Gasteiger partial charge in [-0.1, -0.05) is 32.0 Å². The van der Waals surface area contributed by atoms with Crippen LogP contribution in [0.25, 0.3) is 0 Å². The van der Waals surface area contributed by atoms with E-state index in [1.807, 2.05) is 24.3 Å². The molecular weight excluding hydrogens is 276 g/mol. The maximum Gasteiger partial charge on any atom is 0.251 e. The Morgan fingerprint density at radius 3 is 2.68 bits per heavy atom. The van der Waals surface area contributed by atoms with Crippen molar-refractivity contribution >= 4 is 11.6 Å². The molecule has 2 aromatic carbocycles. The number of ether oxygens (including phenoxy) is 1. The molecule has 0 fully saturated rings. The molecule has 0 aliphatic rings. The minimum absolute atomic E-state index is 0.138. The number of nitrogen functional groups attached to an aromatic ring is 1. The molecule has 3 N–H and O–H groups in total. The molecule has 0 saturated heterocycles. The van der Waals surface area contributed by atoms with Crippen LogP contribution in [0, 0.1) is 5.92 Å². The molecule has 0 atom stereocenters. The molecule has 0 aliphatic carbocycles. The van der Waals surface area contributed by atoms with Gasteiger partial charge in [0.1, 0.15) is 5.75 Å². The molecule has 4 nitrogen and oxygen atoms in total. The molecule has 0 unspecified atom stereocenters. The van der Waals surface area contributed by atoms with E-state index < -0.39 is 0 Å². The molecule has 116 valence electrons. The van der Waals surface area contributed by atoms with E-state index in [9.17, 15) is 4.79 Å². The van der Waals surface area contributed by atoms with E-state index in [0.717, 1.165) is 11.3 Å². The molecule has 0 radical (unpaired) electrons. The number of carbonyl (C=O) groups is 1. The van der Waals surface area contributed by atoms with Gasteiger partial charge in [0.15, 0.2) is 0 Å². The van der Waals surface area contributed by atoms with Crippen LogP contribution in [0.5, 0.6) is 5.75 Å². The van der Waals surface area contributed by atoms with Crippen LogP contribution >= 0.6 is 0 Å². The SMILES string of the molecule is CC(C)COc1cccc(CNC(=O)c2cccc(N)c2)c1. The van der Waals surface area contributed by atoms with Gasteiger partial charge in [-0.2, -0.15) is 0 Å². The predicted molar refractivity (Wildman–Crippen MR) is 88.8 cm³/mol.